The number of aromatic nitrogens is 2. The molecule has 4 aromatic rings. The molecule has 6 heteroatoms. The summed E-state index contributed by atoms with van der Waals surface area (Å²) >= 11 is 0. The summed E-state index contributed by atoms with van der Waals surface area (Å²) in [6, 6.07) is 20.9. The number of nitrogens with zero attached hydrogens (tertiary/aromatic N) is 2. The summed E-state index contributed by atoms with van der Waals surface area (Å²) in [5, 5.41) is 6.35. The highest BCUT2D eigenvalue weighted by atomic mass is 32.2. The van der Waals surface area contributed by atoms with Gasteiger partial charge in [-0.3, -0.25) is 4.68 Å². The Morgan fingerprint density at radius 3 is 2.46 bits per heavy atom. The molecule has 0 radical (unpaired) electrons. The summed E-state index contributed by atoms with van der Waals surface area (Å²) < 4.78 is 31.5. The molecule has 5 nitrogen and oxygen atoms in total. The molecule has 0 atom stereocenters. The van der Waals surface area contributed by atoms with E-state index in [4.69, 9.17) is 4.74 Å². The molecule has 0 bridgehead atoms. The number of hydrogen-bond acceptors (Lipinski definition) is 4. The highest BCUT2D eigenvalue weighted by Crippen LogP contribution is 2.37. The number of benzene rings is 3. The van der Waals surface area contributed by atoms with Gasteiger partial charge >= 0.3 is 0 Å². The lowest BCUT2D eigenvalue weighted by Crippen LogP contribution is -2.09. The molecule has 0 aliphatic rings. The minimum atomic E-state index is -3.23. The molecule has 4 rings (SSSR count). The van der Waals surface area contributed by atoms with Crippen molar-refractivity contribution < 1.29 is 13.2 Å². The molecule has 0 N–H and O–H groups in total. The average Bonchev–Trinajstić information content (AvgIpc) is 3.21. The lowest BCUT2D eigenvalue weighted by atomic mass is 9.97. The molecule has 0 unspecified atom stereocenters. The second kappa shape index (κ2) is 7.48. The molecule has 0 saturated heterocycles. The topological polar surface area (TPSA) is 61.2 Å². The van der Waals surface area contributed by atoms with E-state index in [1.54, 1.807) is 18.3 Å². The van der Waals surface area contributed by atoms with E-state index in [1.165, 1.54) is 6.26 Å². The SMILES string of the molecule is CS(=O)(=O)c1ccc(-c2c(OCCn3cccn3)ccc3ccccc23)cc1. The van der Waals surface area contributed by atoms with Crippen LogP contribution in [0.1, 0.15) is 0 Å². The van der Waals surface area contributed by atoms with Crippen molar-refractivity contribution in [3.8, 4) is 16.9 Å². The molecule has 0 aliphatic heterocycles. The second-order valence-electron chi connectivity index (χ2n) is 6.57. The van der Waals surface area contributed by atoms with Crippen molar-refractivity contribution in [3.05, 3.63) is 79.1 Å². The molecule has 28 heavy (non-hydrogen) atoms. The van der Waals surface area contributed by atoms with Gasteiger partial charge in [-0.2, -0.15) is 5.10 Å². The number of hydrogen-bond donors (Lipinski definition) is 0. The highest BCUT2D eigenvalue weighted by molar-refractivity contribution is 7.90. The van der Waals surface area contributed by atoms with Crippen LogP contribution in [0.2, 0.25) is 0 Å². The maximum atomic E-state index is 11.8. The Hall–Kier alpha value is -3.12. The third-order valence-corrected chi connectivity index (χ3v) is 5.73. The first kappa shape index (κ1) is 18.3. The number of fused-ring (bicyclic) bond motifs is 1. The van der Waals surface area contributed by atoms with Gasteiger partial charge in [0.15, 0.2) is 9.84 Å². The van der Waals surface area contributed by atoms with Crippen molar-refractivity contribution >= 4 is 20.6 Å². The molecular weight excluding hydrogens is 372 g/mol. The predicted molar refractivity (Wildman–Crippen MR) is 110 cm³/mol. The largest absolute Gasteiger partial charge is 0.491 e. The Balaban J connectivity index is 1.73. The van der Waals surface area contributed by atoms with Crippen molar-refractivity contribution in [1.29, 1.82) is 0 Å². The zero-order valence-electron chi connectivity index (χ0n) is 15.4. The first-order valence-corrected chi connectivity index (χ1v) is 10.8. The predicted octanol–water partition coefficient (Wildman–Crippen LogP) is 4.19. The Morgan fingerprint density at radius 2 is 1.75 bits per heavy atom. The van der Waals surface area contributed by atoms with E-state index < -0.39 is 9.84 Å². The van der Waals surface area contributed by atoms with E-state index in [1.807, 2.05) is 53.3 Å². The van der Waals surface area contributed by atoms with Gasteiger partial charge in [0.05, 0.1) is 11.4 Å². The monoisotopic (exact) mass is 392 g/mol. The molecule has 0 saturated carbocycles. The quantitative estimate of drug-likeness (QED) is 0.494. The van der Waals surface area contributed by atoms with Gasteiger partial charge in [0.2, 0.25) is 0 Å². The molecule has 142 valence electrons. The number of rotatable bonds is 6. The molecule has 0 amide bonds. The minimum absolute atomic E-state index is 0.303. The summed E-state index contributed by atoms with van der Waals surface area (Å²) in [6.07, 6.45) is 4.85. The average molecular weight is 392 g/mol. The first-order valence-electron chi connectivity index (χ1n) is 8.95. The van der Waals surface area contributed by atoms with Gasteiger partial charge in [-0.1, -0.05) is 42.5 Å². The Bertz CT molecular complexity index is 1200. The van der Waals surface area contributed by atoms with Gasteiger partial charge in [0.1, 0.15) is 12.4 Å². The van der Waals surface area contributed by atoms with Crippen LogP contribution in [-0.2, 0) is 16.4 Å². The van der Waals surface area contributed by atoms with Gasteiger partial charge in [0.25, 0.3) is 0 Å². The lowest BCUT2D eigenvalue weighted by Gasteiger charge is -2.15. The standard InChI is InChI=1S/C22H20N2O3S/c1-28(25,26)19-10-7-18(8-11-19)22-20-6-3-2-5-17(20)9-12-21(22)27-16-15-24-14-4-13-23-24/h2-14H,15-16H2,1H3. The maximum Gasteiger partial charge on any atom is 0.175 e. The van der Waals surface area contributed by atoms with Crippen molar-refractivity contribution in [2.24, 2.45) is 0 Å². The van der Waals surface area contributed by atoms with E-state index in [2.05, 4.69) is 17.2 Å². The molecule has 1 heterocycles. The molecule has 0 fully saturated rings. The van der Waals surface area contributed by atoms with Gasteiger partial charge in [-0.05, 0) is 40.6 Å². The summed E-state index contributed by atoms with van der Waals surface area (Å²) in [5.41, 5.74) is 1.87. The molecule has 3 aromatic carbocycles. The summed E-state index contributed by atoms with van der Waals surface area (Å²) in [4.78, 5) is 0.303. The van der Waals surface area contributed by atoms with Crippen LogP contribution in [-0.4, -0.2) is 31.1 Å². The molecule has 0 aliphatic carbocycles. The fourth-order valence-corrected chi connectivity index (χ4v) is 3.85. The van der Waals surface area contributed by atoms with Gasteiger partial charge in [-0.15, -0.1) is 0 Å². The Labute approximate surface area is 164 Å². The van der Waals surface area contributed by atoms with Crippen molar-refractivity contribution in [2.45, 2.75) is 11.4 Å². The van der Waals surface area contributed by atoms with Crippen LogP contribution in [0.3, 0.4) is 0 Å². The summed E-state index contributed by atoms with van der Waals surface area (Å²) in [6.45, 7) is 1.13. The van der Waals surface area contributed by atoms with Crippen LogP contribution < -0.4 is 4.74 Å². The fourth-order valence-electron chi connectivity index (χ4n) is 3.22. The van der Waals surface area contributed by atoms with Gasteiger partial charge < -0.3 is 4.74 Å². The zero-order valence-corrected chi connectivity index (χ0v) is 16.3. The Kier molecular flexibility index (Phi) is 4.88. The third kappa shape index (κ3) is 3.77. The fraction of sp³-hybridized carbons (Fsp3) is 0.136. The van der Waals surface area contributed by atoms with Crippen molar-refractivity contribution in [3.63, 3.8) is 0 Å². The van der Waals surface area contributed by atoms with E-state index in [-0.39, 0.29) is 0 Å². The van der Waals surface area contributed by atoms with Crippen LogP contribution in [0.15, 0.2) is 84.0 Å². The molecular formula is C22H20N2O3S. The minimum Gasteiger partial charge on any atom is -0.491 e. The van der Waals surface area contributed by atoms with Crippen LogP contribution in [0.4, 0.5) is 0 Å². The summed E-state index contributed by atoms with van der Waals surface area (Å²) in [7, 11) is -3.23. The van der Waals surface area contributed by atoms with Gasteiger partial charge in [-0.25, -0.2) is 8.42 Å². The van der Waals surface area contributed by atoms with Crippen LogP contribution in [0, 0.1) is 0 Å². The van der Waals surface area contributed by atoms with Crippen LogP contribution in [0.5, 0.6) is 5.75 Å². The molecule has 0 spiro atoms. The van der Waals surface area contributed by atoms with Crippen molar-refractivity contribution in [1.82, 2.24) is 9.78 Å². The van der Waals surface area contributed by atoms with E-state index >= 15 is 0 Å². The van der Waals surface area contributed by atoms with E-state index in [0.717, 1.165) is 27.6 Å². The van der Waals surface area contributed by atoms with Crippen LogP contribution >= 0.6 is 0 Å². The van der Waals surface area contributed by atoms with E-state index in [9.17, 15) is 8.42 Å². The normalized spacial score (nSPS) is 11.6. The lowest BCUT2D eigenvalue weighted by molar-refractivity contribution is 0.292. The third-order valence-electron chi connectivity index (χ3n) is 4.60. The first-order chi connectivity index (χ1) is 13.5. The second-order valence-corrected chi connectivity index (χ2v) is 8.59. The van der Waals surface area contributed by atoms with Crippen LogP contribution in [0.25, 0.3) is 21.9 Å². The highest BCUT2D eigenvalue weighted by Gasteiger charge is 2.13. The molecule has 1 aromatic heterocycles. The smallest absolute Gasteiger partial charge is 0.175 e. The number of ether oxygens (including phenoxy) is 1. The van der Waals surface area contributed by atoms with Gasteiger partial charge in [0, 0.05) is 24.2 Å². The number of sulfone groups is 1. The summed E-state index contributed by atoms with van der Waals surface area (Å²) in [5.74, 6) is 0.762. The van der Waals surface area contributed by atoms with Crippen molar-refractivity contribution in [2.75, 3.05) is 12.9 Å². The Morgan fingerprint density at radius 1 is 0.964 bits per heavy atom. The zero-order chi connectivity index (χ0) is 19.6. The maximum absolute atomic E-state index is 11.8. The van der Waals surface area contributed by atoms with E-state index in [0.29, 0.717) is 18.0 Å².